The first-order chi connectivity index (χ1) is 6.24. The fraction of sp³-hybridized carbons (Fsp3) is 0.375. The average molecular weight is 221 g/mol. The van der Waals surface area contributed by atoms with Gasteiger partial charge in [-0.2, -0.15) is 0 Å². The predicted molar refractivity (Wildman–Crippen MR) is 54.6 cm³/mol. The van der Waals surface area contributed by atoms with Gasteiger partial charge in [-0.3, -0.25) is 0 Å². The Hall–Kier alpha value is -0.510. The molecule has 0 aromatic carbocycles. The molecule has 1 N–H and O–H groups in total. The summed E-state index contributed by atoms with van der Waals surface area (Å²) in [5, 5.41) is 4.02. The van der Waals surface area contributed by atoms with Crippen LogP contribution in [0.1, 0.15) is 0 Å². The van der Waals surface area contributed by atoms with Gasteiger partial charge in [-0.1, -0.05) is 23.2 Å². The number of hydrogen-bond acceptors (Lipinski definition) is 3. The molecule has 3 nitrogen and oxygen atoms in total. The fourth-order valence-electron chi connectivity index (χ4n) is 0.825. The first-order valence-electron chi connectivity index (χ1n) is 3.78. The van der Waals surface area contributed by atoms with Crippen LogP contribution in [-0.2, 0) is 4.74 Å². The van der Waals surface area contributed by atoms with Crippen molar-refractivity contribution < 1.29 is 4.74 Å². The van der Waals surface area contributed by atoms with E-state index in [0.29, 0.717) is 23.3 Å². The topological polar surface area (TPSA) is 34.1 Å². The second kappa shape index (κ2) is 5.27. The molecule has 0 fully saturated rings. The van der Waals surface area contributed by atoms with E-state index in [1.54, 1.807) is 19.4 Å². The third-order valence-corrected chi connectivity index (χ3v) is 1.96. The van der Waals surface area contributed by atoms with Crippen LogP contribution in [0.5, 0.6) is 0 Å². The normalized spacial score (nSPS) is 10.1. The van der Waals surface area contributed by atoms with Crippen LogP contribution in [0.2, 0.25) is 10.2 Å². The van der Waals surface area contributed by atoms with Crippen LogP contribution in [0.25, 0.3) is 0 Å². The SMILES string of the molecule is COCCNc1cnc(Cl)cc1Cl. The number of pyridine rings is 1. The van der Waals surface area contributed by atoms with Crippen LogP contribution >= 0.6 is 23.2 Å². The molecule has 0 aliphatic carbocycles. The molecule has 13 heavy (non-hydrogen) atoms. The maximum Gasteiger partial charge on any atom is 0.130 e. The Kier molecular flexibility index (Phi) is 4.28. The quantitative estimate of drug-likeness (QED) is 0.626. The summed E-state index contributed by atoms with van der Waals surface area (Å²) >= 11 is 11.5. The highest BCUT2D eigenvalue weighted by Gasteiger charge is 2.00. The van der Waals surface area contributed by atoms with Gasteiger partial charge in [0, 0.05) is 13.7 Å². The number of rotatable bonds is 4. The molecule has 0 unspecified atom stereocenters. The molecule has 5 heteroatoms. The molecule has 1 heterocycles. The average Bonchev–Trinajstić information content (AvgIpc) is 2.09. The molecule has 0 bridgehead atoms. The van der Waals surface area contributed by atoms with E-state index in [1.165, 1.54) is 0 Å². The lowest BCUT2D eigenvalue weighted by atomic mass is 10.4. The van der Waals surface area contributed by atoms with Gasteiger partial charge in [0.25, 0.3) is 0 Å². The minimum absolute atomic E-state index is 0.391. The molecule has 0 aliphatic rings. The zero-order valence-corrected chi connectivity index (χ0v) is 8.69. The van der Waals surface area contributed by atoms with E-state index in [0.717, 1.165) is 5.69 Å². The molecule has 0 atom stereocenters. The number of halogens is 2. The van der Waals surface area contributed by atoms with Crippen LogP contribution in [0.3, 0.4) is 0 Å². The highest BCUT2D eigenvalue weighted by molar-refractivity contribution is 6.35. The van der Waals surface area contributed by atoms with Crippen molar-refractivity contribution in [3.05, 3.63) is 22.4 Å². The number of hydrogen-bond donors (Lipinski definition) is 1. The van der Waals surface area contributed by atoms with Crippen molar-refractivity contribution in [2.75, 3.05) is 25.6 Å². The third-order valence-electron chi connectivity index (χ3n) is 1.44. The van der Waals surface area contributed by atoms with E-state index in [9.17, 15) is 0 Å². The van der Waals surface area contributed by atoms with Crippen LogP contribution < -0.4 is 5.32 Å². The van der Waals surface area contributed by atoms with Gasteiger partial charge in [0.15, 0.2) is 0 Å². The van der Waals surface area contributed by atoms with Crippen molar-refractivity contribution in [1.82, 2.24) is 4.98 Å². The first kappa shape index (κ1) is 10.6. The van der Waals surface area contributed by atoms with Gasteiger partial charge < -0.3 is 10.1 Å². The minimum Gasteiger partial charge on any atom is -0.383 e. The Labute approximate surface area is 87.0 Å². The highest BCUT2D eigenvalue weighted by atomic mass is 35.5. The van der Waals surface area contributed by atoms with Crippen molar-refractivity contribution in [1.29, 1.82) is 0 Å². The van der Waals surface area contributed by atoms with Crippen molar-refractivity contribution in [3.8, 4) is 0 Å². The van der Waals surface area contributed by atoms with Gasteiger partial charge in [0.2, 0.25) is 0 Å². The zero-order chi connectivity index (χ0) is 9.68. The van der Waals surface area contributed by atoms with Crippen LogP contribution in [0, 0.1) is 0 Å². The maximum atomic E-state index is 5.88. The van der Waals surface area contributed by atoms with E-state index in [4.69, 9.17) is 27.9 Å². The molecule has 1 aromatic rings. The molecular weight excluding hydrogens is 211 g/mol. The summed E-state index contributed by atoms with van der Waals surface area (Å²) in [5.41, 5.74) is 0.767. The van der Waals surface area contributed by atoms with Crippen molar-refractivity contribution in [3.63, 3.8) is 0 Å². The van der Waals surface area contributed by atoms with E-state index >= 15 is 0 Å². The predicted octanol–water partition coefficient (Wildman–Crippen LogP) is 2.45. The van der Waals surface area contributed by atoms with Crippen molar-refractivity contribution in [2.24, 2.45) is 0 Å². The van der Waals surface area contributed by atoms with Gasteiger partial charge in [-0.05, 0) is 6.07 Å². The van der Waals surface area contributed by atoms with Crippen molar-refractivity contribution in [2.45, 2.75) is 0 Å². The largest absolute Gasteiger partial charge is 0.383 e. The molecule has 1 aromatic heterocycles. The molecule has 0 saturated carbocycles. The first-order valence-corrected chi connectivity index (χ1v) is 4.53. The summed E-state index contributed by atoms with van der Waals surface area (Å²) in [6.45, 7) is 1.32. The number of aromatic nitrogens is 1. The molecule has 0 saturated heterocycles. The van der Waals surface area contributed by atoms with E-state index < -0.39 is 0 Å². The van der Waals surface area contributed by atoms with Crippen LogP contribution in [-0.4, -0.2) is 25.2 Å². The number of nitrogens with one attached hydrogen (secondary N) is 1. The summed E-state index contributed by atoms with van der Waals surface area (Å²) in [6.07, 6.45) is 1.60. The molecule has 0 aliphatic heterocycles. The number of ether oxygens (including phenoxy) is 1. The van der Waals surface area contributed by atoms with E-state index in [1.807, 2.05) is 0 Å². The molecule has 0 amide bonds. The number of nitrogens with zero attached hydrogens (tertiary/aromatic N) is 1. The second-order valence-electron chi connectivity index (χ2n) is 2.41. The number of anilines is 1. The Morgan fingerprint density at radius 3 is 2.92 bits per heavy atom. The van der Waals surface area contributed by atoms with E-state index in [-0.39, 0.29) is 0 Å². The maximum absolute atomic E-state index is 5.88. The Balaban J connectivity index is 2.56. The van der Waals surface area contributed by atoms with Gasteiger partial charge in [-0.25, -0.2) is 4.98 Å². The van der Waals surface area contributed by atoms with E-state index in [2.05, 4.69) is 10.3 Å². The zero-order valence-electron chi connectivity index (χ0n) is 7.18. The Bertz CT molecular complexity index is 281. The molecule has 0 spiro atoms. The molecular formula is C8H10Cl2N2O. The lowest BCUT2D eigenvalue weighted by molar-refractivity contribution is 0.211. The summed E-state index contributed by atoms with van der Waals surface area (Å²) in [5.74, 6) is 0. The summed E-state index contributed by atoms with van der Waals surface area (Å²) in [7, 11) is 1.64. The minimum atomic E-state index is 0.391. The van der Waals surface area contributed by atoms with Gasteiger partial charge in [-0.15, -0.1) is 0 Å². The standard InChI is InChI=1S/C8H10Cl2N2O/c1-13-3-2-11-7-5-12-8(10)4-6(7)9/h4-5,11H,2-3H2,1H3. The summed E-state index contributed by atoms with van der Waals surface area (Å²) in [4.78, 5) is 3.90. The smallest absolute Gasteiger partial charge is 0.130 e. The lowest BCUT2D eigenvalue weighted by Gasteiger charge is -2.06. The summed E-state index contributed by atoms with van der Waals surface area (Å²) < 4.78 is 4.88. The molecule has 72 valence electrons. The Morgan fingerprint density at radius 1 is 1.54 bits per heavy atom. The molecule has 0 radical (unpaired) electrons. The second-order valence-corrected chi connectivity index (χ2v) is 3.20. The van der Waals surface area contributed by atoms with Gasteiger partial charge in [0.05, 0.1) is 23.5 Å². The van der Waals surface area contributed by atoms with Crippen LogP contribution in [0.15, 0.2) is 12.3 Å². The highest BCUT2D eigenvalue weighted by Crippen LogP contribution is 2.22. The van der Waals surface area contributed by atoms with Gasteiger partial charge >= 0.3 is 0 Å². The van der Waals surface area contributed by atoms with Crippen LogP contribution in [0.4, 0.5) is 5.69 Å². The molecule has 1 rings (SSSR count). The number of methoxy groups -OCH3 is 1. The third kappa shape index (κ3) is 3.38. The summed E-state index contributed by atoms with van der Waals surface area (Å²) in [6, 6.07) is 1.60. The fourth-order valence-corrected chi connectivity index (χ4v) is 1.26. The van der Waals surface area contributed by atoms with Gasteiger partial charge in [0.1, 0.15) is 5.15 Å². The Morgan fingerprint density at radius 2 is 2.31 bits per heavy atom. The van der Waals surface area contributed by atoms with Crippen molar-refractivity contribution >= 4 is 28.9 Å². The lowest BCUT2D eigenvalue weighted by Crippen LogP contribution is -2.08. The monoisotopic (exact) mass is 220 g/mol.